The van der Waals surface area contributed by atoms with Gasteiger partial charge in [-0.2, -0.15) is 0 Å². The van der Waals surface area contributed by atoms with Gasteiger partial charge in [-0.15, -0.1) is 4.91 Å². The van der Waals surface area contributed by atoms with E-state index in [0.717, 1.165) is 5.56 Å². The smallest absolute Gasteiger partial charge is 0.108 e. The van der Waals surface area contributed by atoms with E-state index in [2.05, 4.69) is 5.18 Å². The lowest BCUT2D eigenvalue weighted by molar-refractivity contribution is 1.07. The van der Waals surface area contributed by atoms with E-state index in [1.54, 1.807) is 18.2 Å². The first-order valence-corrected chi connectivity index (χ1v) is 3.99. The van der Waals surface area contributed by atoms with Crippen LogP contribution in [0, 0.1) is 4.91 Å². The molecule has 0 saturated carbocycles. The molecule has 0 aliphatic rings. The first-order chi connectivity index (χ1) is 5.86. The van der Waals surface area contributed by atoms with Crippen molar-refractivity contribution in [2.45, 2.75) is 20.4 Å². The van der Waals surface area contributed by atoms with Gasteiger partial charge in [-0.05, 0) is 22.9 Å². The highest BCUT2D eigenvalue weighted by Crippen LogP contribution is 2.12. The first kappa shape index (κ1) is 10.8. The van der Waals surface area contributed by atoms with Crippen LogP contribution < -0.4 is 5.73 Å². The van der Waals surface area contributed by atoms with E-state index in [0.29, 0.717) is 12.2 Å². The van der Waals surface area contributed by atoms with Gasteiger partial charge in [0.15, 0.2) is 0 Å². The molecule has 0 amide bonds. The minimum atomic E-state index is 0.433. The van der Waals surface area contributed by atoms with Crippen molar-refractivity contribution < 1.29 is 0 Å². The lowest BCUT2D eigenvalue weighted by Crippen LogP contribution is -1.94. The van der Waals surface area contributed by atoms with Gasteiger partial charge in [0.1, 0.15) is 5.69 Å². The molecular formula is C9H14N2O. The fraction of sp³-hybridized carbons (Fsp3) is 0.333. The number of benzene rings is 1. The second-order valence-corrected chi connectivity index (χ2v) is 1.97. The average Bonchev–Trinajstić information content (AvgIpc) is 2.21. The number of rotatable bonds is 2. The maximum atomic E-state index is 9.98. The zero-order valence-corrected chi connectivity index (χ0v) is 7.45. The van der Waals surface area contributed by atoms with Crippen molar-refractivity contribution in [3.63, 3.8) is 0 Å². The Morgan fingerprint density at radius 3 is 2.58 bits per heavy atom. The van der Waals surface area contributed by atoms with Crippen LogP contribution in [0.25, 0.3) is 0 Å². The van der Waals surface area contributed by atoms with Gasteiger partial charge >= 0.3 is 0 Å². The molecule has 0 bridgehead atoms. The fourth-order valence-corrected chi connectivity index (χ4v) is 0.740. The maximum absolute atomic E-state index is 9.98. The van der Waals surface area contributed by atoms with Gasteiger partial charge in [-0.25, -0.2) is 0 Å². The molecule has 0 aliphatic carbocycles. The Hall–Kier alpha value is -1.22. The van der Waals surface area contributed by atoms with Gasteiger partial charge in [0.05, 0.1) is 0 Å². The molecule has 0 fully saturated rings. The van der Waals surface area contributed by atoms with E-state index >= 15 is 0 Å². The summed E-state index contributed by atoms with van der Waals surface area (Å²) in [7, 11) is 0. The molecule has 2 N–H and O–H groups in total. The van der Waals surface area contributed by atoms with Gasteiger partial charge in [-0.1, -0.05) is 26.0 Å². The lowest BCUT2D eigenvalue weighted by Gasteiger charge is -1.93. The van der Waals surface area contributed by atoms with Crippen molar-refractivity contribution in [2.24, 2.45) is 10.9 Å². The molecule has 0 atom stereocenters. The van der Waals surface area contributed by atoms with Gasteiger partial charge in [0.25, 0.3) is 0 Å². The number of nitrogens with two attached hydrogens (primary N) is 1. The minimum Gasteiger partial charge on any atom is -0.326 e. The molecule has 1 rings (SSSR count). The Morgan fingerprint density at radius 1 is 1.42 bits per heavy atom. The Balaban J connectivity index is 0.000000561. The van der Waals surface area contributed by atoms with Crippen LogP contribution in [-0.4, -0.2) is 0 Å². The standard InChI is InChI=1S/C7H8N2O.C2H6/c8-5-6-2-1-3-7(4-6)9-10;1-2/h1-4H,5,8H2;1-2H3. The summed E-state index contributed by atoms with van der Waals surface area (Å²) in [4.78, 5) is 9.98. The van der Waals surface area contributed by atoms with E-state index in [1.165, 1.54) is 0 Å². The van der Waals surface area contributed by atoms with Crippen LogP contribution >= 0.6 is 0 Å². The monoisotopic (exact) mass is 166 g/mol. The second kappa shape index (κ2) is 6.49. The SMILES string of the molecule is CC.NCc1cccc(N=O)c1. The molecular weight excluding hydrogens is 152 g/mol. The van der Waals surface area contributed by atoms with Crippen molar-refractivity contribution in [2.75, 3.05) is 0 Å². The molecule has 0 spiro atoms. The summed E-state index contributed by atoms with van der Waals surface area (Å²) in [5, 5.41) is 2.77. The van der Waals surface area contributed by atoms with Crippen molar-refractivity contribution in [1.29, 1.82) is 0 Å². The summed E-state index contributed by atoms with van der Waals surface area (Å²) < 4.78 is 0. The normalized spacial score (nSPS) is 8.25. The summed E-state index contributed by atoms with van der Waals surface area (Å²) >= 11 is 0. The topological polar surface area (TPSA) is 55.4 Å². The maximum Gasteiger partial charge on any atom is 0.108 e. The van der Waals surface area contributed by atoms with Crippen LogP contribution in [0.2, 0.25) is 0 Å². The zero-order chi connectivity index (χ0) is 9.40. The van der Waals surface area contributed by atoms with Crippen molar-refractivity contribution >= 4 is 5.69 Å². The first-order valence-electron chi connectivity index (χ1n) is 3.99. The minimum absolute atomic E-state index is 0.433. The second-order valence-electron chi connectivity index (χ2n) is 1.97. The Kier molecular flexibility index (Phi) is 5.83. The molecule has 0 heterocycles. The molecule has 0 saturated heterocycles. The molecule has 0 radical (unpaired) electrons. The fourth-order valence-electron chi connectivity index (χ4n) is 0.740. The summed E-state index contributed by atoms with van der Waals surface area (Å²) in [6.45, 7) is 4.45. The summed E-state index contributed by atoms with van der Waals surface area (Å²) in [6, 6.07) is 6.94. The molecule has 0 aromatic heterocycles. The van der Waals surface area contributed by atoms with E-state index in [-0.39, 0.29) is 0 Å². The predicted molar refractivity (Wildman–Crippen MR) is 51.1 cm³/mol. The zero-order valence-electron chi connectivity index (χ0n) is 7.45. The molecule has 66 valence electrons. The highest BCUT2D eigenvalue weighted by Gasteiger charge is 1.91. The van der Waals surface area contributed by atoms with Crippen molar-refractivity contribution in [3.8, 4) is 0 Å². The van der Waals surface area contributed by atoms with E-state index < -0.39 is 0 Å². The van der Waals surface area contributed by atoms with E-state index in [9.17, 15) is 4.91 Å². The predicted octanol–water partition coefficient (Wildman–Crippen LogP) is 2.57. The Labute approximate surface area is 72.6 Å². The van der Waals surface area contributed by atoms with Gasteiger partial charge in [0, 0.05) is 6.54 Å². The van der Waals surface area contributed by atoms with Crippen LogP contribution in [0.3, 0.4) is 0 Å². The average molecular weight is 166 g/mol. The molecule has 3 nitrogen and oxygen atoms in total. The summed E-state index contributed by atoms with van der Waals surface area (Å²) in [5.74, 6) is 0. The van der Waals surface area contributed by atoms with Gasteiger partial charge in [-0.3, -0.25) is 0 Å². The van der Waals surface area contributed by atoms with Crippen molar-refractivity contribution in [1.82, 2.24) is 0 Å². The van der Waals surface area contributed by atoms with Crippen LogP contribution in [0.1, 0.15) is 19.4 Å². The lowest BCUT2D eigenvalue weighted by atomic mass is 10.2. The third-order valence-corrected chi connectivity index (χ3v) is 1.25. The van der Waals surface area contributed by atoms with Crippen LogP contribution in [0.5, 0.6) is 0 Å². The third-order valence-electron chi connectivity index (χ3n) is 1.25. The van der Waals surface area contributed by atoms with E-state index in [1.807, 2.05) is 19.9 Å². The largest absolute Gasteiger partial charge is 0.326 e. The molecule has 1 aromatic carbocycles. The quantitative estimate of drug-likeness (QED) is 0.686. The molecule has 12 heavy (non-hydrogen) atoms. The number of nitrogens with zero attached hydrogens (tertiary/aromatic N) is 1. The van der Waals surface area contributed by atoms with Crippen molar-refractivity contribution in [3.05, 3.63) is 34.7 Å². The molecule has 0 unspecified atom stereocenters. The van der Waals surface area contributed by atoms with Gasteiger partial charge < -0.3 is 5.73 Å². The third kappa shape index (κ3) is 3.25. The summed E-state index contributed by atoms with van der Waals surface area (Å²) in [6.07, 6.45) is 0. The Morgan fingerprint density at radius 2 is 2.08 bits per heavy atom. The number of nitroso groups, excluding NO2 is 1. The number of hydrogen-bond donors (Lipinski definition) is 1. The van der Waals surface area contributed by atoms with Crippen LogP contribution in [0.15, 0.2) is 29.4 Å². The molecule has 3 heteroatoms. The summed E-state index contributed by atoms with van der Waals surface area (Å²) in [5.41, 5.74) is 6.69. The van der Waals surface area contributed by atoms with Crippen LogP contribution in [0.4, 0.5) is 5.69 Å². The Bertz CT molecular complexity index is 236. The highest BCUT2D eigenvalue weighted by molar-refractivity contribution is 5.39. The highest BCUT2D eigenvalue weighted by atomic mass is 16.3. The molecule has 1 aromatic rings. The number of hydrogen-bond acceptors (Lipinski definition) is 3. The van der Waals surface area contributed by atoms with Gasteiger partial charge in [0.2, 0.25) is 0 Å². The van der Waals surface area contributed by atoms with E-state index in [4.69, 9.17) is 5.73 Å². The van der Waals surface area contributed by atoms with Crippen LogP contribution in [-0.2, 0) is 6.54 Å². The molecule has 0 aliphatic heterocycles.